The molecule has 0 spiro atoms. The summed E-state index contributed by atoms with van der Waals surface area (Å²) < 4.78 is 43.1. The van der Waals surface area contributed by atoms with Crippen LogP contribution < -0.4 is 5.32 Å². The van der Waals surface area contributed by atoms with Crippen molar-refractivity contribution in [1.29, 1.82) is 0 Å². The largest absolute Gasteiger partial charge is 0.466 e. The number of hydrogen-bond donors (Lipinski definition) is 1. The SMILES string of the molecule is CCOC(=O)CC1(NC)CCCC(C(F)(F)F)C1. The van der Waals surface area contributed by atoms with Crippen LogP contribution in [0.2, 0.25) is 0 Å². The molecule has 0 saturated heterocycles. The Morgan fingerprint density at radius 1 is 1.50 bits per heavy atom. The lowest BCUT2D eigenvalue weighted by Gasteiger charge is -2.40. The first kappa shape index (κ1) is 15.3. The fraction of sp³-hybridized carbons (Fsp3) is 0.917. The fourth-order valence-electron chi connectivity index (χ4n) is 2.61. The first-order chi connectivity index (χ1) is 8.33. The van der Waals surface area contributed by atoms with Crippen molar-refractivity contribution >= 4 is 5.97 Å². The number of hydrogen-bond acceptors (Lipinski definition) is 3. The van der Waals surface area contributed by atoms with E-state index in [0.29, 0.717) is 12.8 Å². The van der Waals surface area contributed by atoms with E-state index in [9.17, 15) is 18.0 Å². The second-order valence-corrected chi connectivity index (χ2v) is 4.85. The fourth-order valence-corrected chi connectivity index (χ4v) is 2.61. The monoisotopic (exact) mass is 267 g/mol. The number of esters is 1. The highest BCUT2D eigenvalue weighted by molar-refractivity contribution is 5.71. The minimum atomic E-state index is -4.18. The maximum Gasteiger partial charge on any atom is 0.391 e. The molecule has 2 unspecified atom stereocenters. The van der Waals surface area contributed by atoms with Gasteiger partial charge in [0.05, 0.1) is 18.9 Å². The lowest BCUT2D eigenvalue weighted by Crippen LogP contribution is -2.50. The molecule has 1 fully saturated rings. The van der Waals surface area contributed by atoms with Gasteiger partial charge in [0.2, 0.25) is 0 Å². The molecule has 106 valence electrons. The molecule has 0 amide bonds. The lowest BCUT2D eigenvalue weighted by molar-refractivity contribution is -0.189. The van der Waals surface area contributed by atoms with Crippen LogP contribution in [0.1, 0.15) is 39.0 Å². The van der Waals surface area contributed by atoms with E-state index in [0.717, 1.165) is 0 Å². The Balaban J connectivity index is 2.71. The highest BCUT2D eigenvalue weighted by Crippen LogP contribution is 2.42. The van der Waals surface area contributed by atoms with Gasteiger partial charge in [-0.2, -0.15) is 13.2 Å². The number of nitrogens with one attached hydrogen (secondary N) is 1. The van der Waals surface area contributed by atoms with E-state index in [1.807, 2.05) is 0 Å². The van der Waals surface area contributed by atoms with Gasteiger partial charge in [-0.15, -0.1) is 0 Å². The van der Waals surface area contributed by atoms with E-state index < -0.39 is 23.6 Å². The van der Waals surface area contributed by atoms with Crippen molar-refractivity contribution in [2.24, 2.45) is 5.92 Å². The molecule has 6 heteroatoms. The lowest BCUT2D eigenvalue weighted by atomic mass is 9.73. The van der Waals surface area contributed by atoms with Crippen molar-refractivity contribution in [3.05, 3.63) is 0 Å². The van der Waals surface area contributed by atoms with Crippen molar-refractivity contribution in [2.75, 3.05) is 13.7 Å². The molecular formula is C12H20F3NO2. The summed E-state index contributed by atoms with van der Waals surface area (Å²) >= 11 is 0. The van der Waals surface area contributed by atoms with Crippen LogP contribution in [0.4, 0.5) is 13.2 Å². The quantitative estimate of drug-likeness (QED) is 0.796. The van der Waals surface area contributed by atoms with Gasteiger partial charge in [0, 0.05) is 5.54 Å². The highest BCUT2D eigenvalue weighted by Gasteiger charge is 2.47. The van der Waals surface area contributed by atoms with E-state index in [2.05, 4.69) is 5.32 Å². The summed E-state index contributed by atoms with van der Waals surface area (Å²) in [5.41, 5.74) is -0.773. The summed E-state index contributed by atoms with van der Waals surface area (Å²) in [5, 5.41) is 2.91. The molecular weight excluding hydrogens is 247 g/mol. The van der Waals surface area contributed by atoms with Gasteiger partial charge in [-0.3, -0.25) is 4.79 Å². The Bertz CT molecular complexity index is 294. The van der Waals surface area contributed by atoms with E-state index in [1.54, 1.807) is 14.0 Å². The van der Waals surface area contributed by atoms with Gasteiger partial charge in [-0.1, -0.05) is 6.42 Å². The summed E-state index contributed by atoms with van der Waals surface area (Å²) in [4.78, 5) is 11.5. The van der Waals surface area contributed by atoms with Gasteiger partial charge in [0.15, 0.2) is 0 Å². The molecule has 0 bridgehead atoms. The molecule has 1 aliphatic rings. The number of ether oxygens (including phenoxy) is 1. The normalized spacial score (nSPS) is 29.1. The van der Waals surface area contributed by atoms with Crippen molar-refractivity contribution in [3.63, 3.8) is 0 Å². The predicted octanol–water partition coefficient (Wildman–Crippen LogP) is 2.65. The predicted molar refractivity (Wildman–Crippen MR) is 61.1 cm³/mol. The first-order valence-corrected chi connectivity index (χ1v) is 6.24. The molecule has 1 saturated carbocycles. The van der Waals surface area contributed by atoms with Gasteiger partial charge in [0.25, 0.3) is 0 Å². The van der Waals surface area contributed by atoms with Gasteiger partial charge in [-0.25, -0.2) is 0 Å². The van der Waals surface area contributed by atoms with Crippen LogP contribution in [0.5, 0.6) is 0 Å². The minimum Gasteiger partial charge on any atom is -0.466 e. The summed E-state index contributed by atoms with van der Waals surface area (Å²) in [5.74, 6) is -1.76. The summed E-state index contributed by atoms with van der Waals surface area (Å²) in [6.07, 6.45) is -3.03. The van der Waals surface area contributed by atoms with Crippen LogP contribution in [-0.4, -0.2) is 31.3 Å². The molecule has 0 aliphatic heterocycles. The van der Waals surface area contributed by atoms with E-state index in [4.69, 9.17) is 4.74 Å². The second kappa shape index (κ2) is 5.91. The Kier molecular flexibility index (Phi) is 5.01. The highest BCUT2D eigenvalue weighted by atomic mass is 19.4. The maximum atomic E-state index is 12.8. The molecule has 0 aromatic rings. The zero-order valence-electron chi connectivity index (χ0n) is 10.8. The molecule has 1 N–H and O–H groups in total. The second-order valence-electron chi connectivity index (χ2n) is 4.85. The number of alkyl halides is 3. The molecule has 0 heterocycles. The summed E-state index contributed by atoms with van der Waals surface area (Å²) in [7, 11) is 1.61. The first-order valence-electron chi connectivity index (χ1n) is 6.24. The zero-order valence-corrected chi connectivity index (χ0v) is 10.8. The molecule has 1 aliphatic carbocycles. The average Bonchev–Trinajstić information content (AvgIpc) is 2.28. The Hall–Kier alpha value is -0.780. The van der Waals surface area contributed by atoms with Crippen LogP contribution in [0.25, 0.3) is 0 Å². The van der Waals surface area contributed by atoms with Crippen molar-refractivity contribution in [2.45, 2.75) is 50.7 Å². The van der Waals surface area contributed by atoms with Crippen LogP contribution in [-0.2, 0) is 9.53 Å². The van der Waals surface area contributed by atoms with Crippen LogP contribution in [0.3, 0.4) is 0 Å². The molecule has 1 rings (SSSR count). The van der Waals surface area contributed by atoms with Gasteiger partial charge >= 0.3 is 12.1 Å². The third-order valence-electron chi connectivity index (χ3n) is 3.63. The molecule has 18 heavy (non-hydrogen) atoms. The maximum absolute atomic E-state index is 12.8. The summed E-state index contributed by atoms with van der Waals surface area (Å²) in [6.45, 7) is 1.94. The van der Waals surface area contributed by atoms with Crippen molar-refractivity contribution in [3.8, 4) is 0 Å². The Morgan fingerprint density at radius 3 is 2.67 bits per heavy atom. The van der Waals surface area contributed by atoms with Gasteiger partial charge in [-0.05, 0) is 33.2 Å². The Morgan fingerprint density at radius 2 is 2.17 bits per heavy atom. The van der Waals surface area contributed by atoms with Crippen LogP contribution in [0.15, 0.2) is 0 Å². The molecule has 2 atom stereocenters. The van der Waals surface area contributed by atoms with Crippen LogP contribution >= 0.6 is 0 Å². The third kappa shape index (κ3) is 3.86. The number of halogens is 3. The van der Waals surface area contributed by atoms with Crippen molar-refractivity contribution in [1.82, 2.24) is 5.32 Å². The Labute approximate surface area is 105 Å². The van der Waals surface area contributed by atoms with E-state index >= 15 is 0 Å². The van der Waals surface area contributed by atoms with Gasteiger partial charge < -0.3 is 10.1 Å². The third-order valence-corrected chi connectivity index (χ3v) is 3.63. The summed E-state index contributed by atoms with van der Waals surface area (Å²) in [6, 6.07) is 0. The molecule has 0 aromatic carbocycles. The topological polar surface area (TPSA) is 38.3 Å². The number of carbonyl (C=O) groups is 1. The molecule has 0 aromatic heterocycles. The standard InChI is InChI=1S/C12H20F3NO2/c1-3-18-10(17)8-11(16-2)6-4-5-9(7-11)12(13,14)15/h9,16H,3-8H2,1-2H3. The smallest absolute Gasteiger partial charge is 0.391 e. The van der Waals surface area contributed by atoms with Crippen molar-refractivity contribution < 1.29 is 22.7 Å². The number of rotatable bonds is 4. The zero-order chi connectivity index (χ0) is 13.8. The average molecular weight is 267 g/mol. The minimum absolute atomic E-state index is 0.00389. The number of carbonyl (C=O) groups excluding carboxylic acids is 1. The van der Waals surface area contributed by atoms with Crippen LogP contribution in [0, 0.1) is 5.92 Å². The molecule has 3 nitrogen and oxygen atoms in total. The van der Waals surface area contributed by atoms with Gasteiger partial charge in [0.1, 0.15) is 0 Å². The molecule has 0 radical (unpaired) electrons. The van der Waals surface area contributed by atoms with E-state index in [-0.39, 0.29) is 25.9 Å². The van der Waals surface area contributed by atoms with E-state index in [1.165, 1.54) is 0 Å².